The topological polar surface area (TPSA) is 50.2 Å². The third-order valence-corrected chi connectivity index (χ3v) is 4.33. The lowest BCUT2D eigenvalue weighted by molar-refractivity contribution is 0.403. The minimum absolute atomic E-state index is 0.120. The lowest BCUT2D eigenvalue weighted by atomic mass is 10.0. The maximum absolute atomic E-state index is 12.1. The van der Waals surface area contributed by atoms with Gasteiger partial charge in [0.25, 0.3) is 5.56 Å². The molecule has 0 saturated carbocycles. The lowest BCUT2D eigenvalue weighted by Gasteiger charge is -2.29. The van der Waals surface area contributed by atoms with Crippen molar-refractivity contribution in [1.82, 2.24) is 15.1 Å². The van der Waals surface area contributed by atoms with Crippen LogP contribution >= 0.6 is 15.9 Å². The Kier molecular flexibility index (Phi) is 5.37. The van der Waals surface area contributed by atoms with Crippen LogP contribution in [0.15, 0.2) is 28.1 Å². The van der Waals surface area contributed by atoms with Gasteiger partial charge >= 0.3 is 0 Å². The van der Waals surface area contributed by atoms with Crippen LogP contribution in [0.2, 0.25) is 0 Å². The minimum atomic E-state index is -0.120. The Morgan fingerprint density at radius 1 is 1.65 bits per heavy atom. The summed E-state index contributed by atoms with van der Waals surface area (Å²) in [5.41, 5.74) is 0.716. The molecular weight excluding hydrogens is 320 g/mol. The maximum Gasteiger partial charge on any atom is 0.283 e. The summed E-state index contributed by atoms with van der Waals surface area (Å²) in [5, 5.41) is 7.70. The molecule has 2 heterocycles. The van der Waals surface area contributed by atoms with Crippen LogP contribution in [-0.2, 0) is 6.54 Å². The summed E-state index contributed by atoms with van der Waals surface area (Å²) in [6.07, 6.45) is 7.10. The van der Waals surface area contributed by atoms with Crippen molar-refractivity contribution >= 4 is 21.6 Å². The van der Waals surface area contributed by atoms with Gasteiger partial charge in [-0.15, -0.1) is 6.58 Å². The van der Waals surface area contributed by atoms with Gasteiger partial charge in [0.15, 0.2) is 0 Å². The molecule has 1 unspecified atom stereocenters. The van der Waals surface area contributed by atoms with Crippen molar-refractivity contribution in [3.8, 4) is 0 Å². The van der Waals surface area contributed by atoms with E-state index in [9.17, 15) is 4.79 Å². The zero-order valence-electron chi connectivity index (χ0n) is 11.8. The molecule has 1 aromatic rings. The van der Waals surface area contributed by atoms with E-state index in [4.69, 9.17) is 0 Å². The number of aromatic nitrogens is 2. The van der Waals surface area contributed by atoms with E-state index in [2.05, 4.69) is 37.8 Å². The van der Waals surface area contributed by atoms with Gasteiger partial charge in [-0.3, -0.25) is 4.79 Å². The van der Waals surface area contributed by atoms with Crippen LogP contribution in [-0.4, -0.2) is 36.0 Å². The molecule has 0 spiro atoms. The summed E-state index contributed by atoms with van der Waals surface area (Å²) in [7, 11) is 2.00. The molecule has 1 aromatic heterocycles. The van der Waals surface area contributed by atoms with Gasteiger partial charge in [0.05, 0.1) is 18.4 Å². The highest BCUT2D eigenvalue weighted by Crippen LogP contribution is 2.21. The smallest absolute Gasteiger partial charge is 0.283 e. The highest BCUT2D eigenvalue weighted by Gasteiger charge is 2.18. The highest BCUT2D eigenvalue weighted by molar-refractivity contribution is 9.10. The van der Waals surface area contributed by atoms with Crippen molar-refractivity contribution < 1.29 is 0 Å². The van der Waals surface area contributed by atoms with Crippen molar-refractivity contribution in [1.29, 1.82) is 0 Å². The molecule has 1 saturated heterocycles. The first-order valence-electron chi connectivity index (χ1n) is 6.94. The number of likely N-dealkylation sites (N-methyl/N-ethyl adjacent to an activating group) is 1. The van der Waals surface area contributed by atoms with E-state index in [1.807, 2.05) is 7.05 Å². The fourth-order valence-electron chi connectivity index (χ4n) is 2.48. The average Bonchev–Trinajstić information content (AvgIpc) is 2.45. The van der Waals surface area contributed by atoms with Gasteiger partial charge in [-0.25, -0.2) is 4.68 Å². The van der Waals surface area contributed by atoms with E-state index in [0.29, 0.717) is 17.1 Å². The molecule has 6 heteroatoms. The normalized spacial score (nSPS) is 18.8. The molecule has 1 N–H and O–H groups in total. The first kappa shape index (κ1) is 15.3. The van der Waals surface area contributed by atoms with E-state index in [0.717, 1.165) is 18.8 Å². The third-order valence-electron chi connectivity index (χ3n) is 3.59. The number of anilines is 1. The zero-order chi connectivity index (χ0) is 14.5. The van der Waals surface area contributed by atoms with Gasteiger partial charge in [0.2, 0.25) is 0 Å². The van der Waals surface area contributed by atoms with Gasteiger partial charge in [0.1, 0.15) is 4.47 Å². The largest absolute Gasteiger partial charge is 0.371 e. The van der Waals surface area contributed by atoms with Crippen molar-refractivity contribution in [2.24, 2.45) is 0 Å². The summed E-state index contributed by atoms with van der Waals surface area (Å²) in [5.74, 6) is 0. The van der Waals surface area contributed by atoms with Crippen LogP contribution in [0.4, 0.5) is 5.69 Å². The number of hydrogen-bond acceptors (Lipinski definition) is 4. The molecule has 2 rings (SSSR count). The summed E-state index contributed by atoms with van der Waals surface area (Å²) < 4.78 is 1.96. The Morgan fingerprint density at radius 2 is 2.45 bits per heavy atom. The summed E-state index contributed by atoms with van der Waals surface area (Å²) >= 11 is 3.40. The lowest BCUT2D eigenvalue weighted by Crippen LogP contribution is -2.43. The molecule has 0 amide bonds. The second kappa shape index (κ2) is 7.04. The number of nitrogens with one attached hydrogen (secondary N) is 1. The number of hydrogen-bond donors (Lipinski definition) is 1. The summed E-state index contributed by atoms with van der Waals surface area (Å²) in [6, 6.07) is 0.483. The SMILES string of the molecule is C=CCn1ncc(N(C)CC2CCCCN2)c(Br)c1=O. The molecule has 1 atom stereocenters. The van der Waals surface area contributed by atoms with Crippen molar-refractivity contribution in [2.45, 2.75) is 31.8 Å². The minimum Gasteiger partial charge on any atom is -0.371 e. The van der Waals surface area contributed by atoms with Gasteiger partial charge < -0.3 is 10.2 Å². The van der Waals surface area contributed by atoms with Crippen LogP contribution in [0.1, 0.15) is 19.3 Å². The van der Waals surface area contributed by atoms with Crippen LogP contribution in [0.5, 0.6) is 0 Å². The number of rotatable bonds is 5. The zero-order valence-corrected chi connectivity index (χ0v) is 13.4. The van der Waals surface area contributed by atoms with Crippen LogP contribution in [0.25, 0.3) is 0 Å². The molecule has 0 radical (unpaired) electrons. The molecular formula is C14H21BrN4O. The average molecular weight is 341 g/mol. The number of piperidine rings is 1. The Balaban J connectivity index is 2.13. The third kappa shape index (κ3) is 3.49. The molecule has 1 aliphatic heterocycles. The van der Waals surface area contributed by atoms with E-state index in [-0.39, 0.29) is 5.56 Å². The van der Waals surface area contributed by atoms with Crippen LogP contribution in [0, 0.1) is 0 Å². The quantitative estimate of drug-likeness (QED) is 0.830. The van der Waals surface area contributed by atoms with E-state index >= 15 is 0 Å². The maximum atomic E-state index is 12.1. The van der Waals surface area contributed by atoms with Crippen molar-refractivity contribution in [3.63, 3.8) is 0 Å². The fraction of sp³-hybridized carbons (Fsp3) is 0.571. The molecule has 1 aliphatic rings. The molecule has 0 bridgehead atoms. The number of halogens is 1. The molecule has 0 aromatic carbocycles. The molecule has 0 aliphatic carbocycles. The monoisotopic (exact) mass is 340 g/mol. The second-order valence-corrected chi connectivity index (χ2v) is 5.94. The van der Waals surface area contributed by atoms with E-state index < -0.39 is 0 Å². The Hall–Kier alpha value is -1.14. The van der Waals surface area contributed by atoms with Crippen molar-refractivity contribution in [3.05, 3.63) is 33.7 Å². The number of nitrogens with zero attached hydrogens (tertiary/aromatic N) is 3. The Morgan fingerprint density at radius 3 is 3.10 bits per heavy atom. The molecule has 20 heavy (non-hydrogen) atoms. The van der Waals surface area contributed by atoms with Gasteiger partial charge in [-0.2, -0.15) is 5.10 Å². The highest BCUT2D eigenvalue weighted by atomic mass is 79.9. The predicted octanol–water partition coefficient (Wildman–Crippen LogP) is 1.77. The van der Waals surface area contributed by atoms with E-state index in [1.54, 1.807) is 12.3 Å². The molecule has 1 fully saturated rings. The number of allylic oxidation sites excluding steroid dienone is 1. The van der Waals surface area contributed by atoms with E-state index in [1.165, 1.54) is 23.9 Å². The first-order valence-corrected chi connectivity index (χ1v) is 7.74. The Labute approximate surface area is 127 Å². The standard InChI is InChI=1S/C14H21BrN4O/c1-3-8-19-14(20)13(15)12(9-17-19)18(2)10-11-6-4-5-7-16-11/h3,9,11,16H,1,4-8,10H2,2H3. The molecule has 110 valence electrons. The van der Waals surface area contributed by atoms with Gasteiger partial charge in [-0.05, 0) is 35.3 Å². The summed E-state index contributed by atoms with van der Waals surface area (Å²) in [4.78, 5) is 14.2. The second-order valence-electron chi connectivity index (χ2n) is 5.15. The Bertz CT molecular complexity index is 522. The van der Waals surface area contributed by atoms with Crippen LogP contribution in [0.3, 0.4) is 0 Å². The van der Waals surface area contributed by atoms with Gasteiger partial charge in [0, 0.05) is 19.6 Å². The fourth-order valence-corrected chi connectivity index (χ4v) is 3.09. The van der Waals surface area contributed by atoms with Crippen LogP contribution < -0.4 is 15.8 Å². The summed E-state index contributed by atoms with van der Waals surface area (Å²) in [6.45, 7) is 6.01. The predicted molar refractivity (Wildman–Crippen MR) is 85.3 cm³/mol. The van der Waals surface area contributed by atoms with Gasteiger partial charge in [-0.1, -0.05) is 12.5 Å². The van der Waals surface area contributed by atoms with Crippen molar-refractivity contribution in [2.75, 3.05) is 25.0 Å². The molecule has 5 nitrogen and oxygen atoms in total. The first-order chi connectivity index (χ1) is 9.63.